The molecule has 8 nitrogen and oxygen atoms in total. The Morgan fingerprint density at radius 2 is 1.47 bits per heavy atom. The van der Waals surface area contributed by atoms with Crippen molar-refractivity contribution >= 4 is 29.2 Å². The van der Waals surface area contributed by atoms with Gasteiger partial charge in [0.05, 0.1) is 0 Å². The van der Waals surface area contributed by atoms with Gasteiger partial charge in [-0.2, -0.15) is 4.99 Å². The molecule has 1 saturated carbocycles. The van der Waals surface area contributed by atoms with Crippen molar-refractivity contribution in [2.75, 3.05) is 36.0 Å². The number of carbonyl (C=O) groups excluding carboxylic acids is 1. The van der Waals surface area contributed by atoms with Crippen molar-refractivity contribution in [3.8, 4) is 0 Å². The highest BCUT2D eigenvalue weighted by Crippen LogP contribution is 2.39. The van der Waals surface area contributed by atoms with E-state index in [9.17, 15) is 4.79 Å². The molecule has 1 spiro atoms. The maximum absolute atomic E-state index is 12.8. The average molecular weight is 460 g/mol. The van der Waals surface area contributed by atoms with Crippen LogP contribution in [-0.4, -0.2) is 54.6 Å². The zero-order valence-electron chi connectivity index (χ0n) is 19.8. The number of anilines is 2. The lowest BCUT2D eigenvalue weighted by Gasteiger charge is -2.45. The summed E-state index contributed by atoms with van der Waals surface area (Å²) in [5.41, 5.74) is 15.9. The SMILES string of the molecule is Cc1ccc(C(=O)N2CCN(c3ccc(N4C(N)=NC(N)=NC45CCCCC5)cc3)CC2)cc1. The Balaban J connectivity index is 1.27. The third kappa shape index (κ3) is 4.20. The topological polar surface area (TPSA) is 104 Å². The minimum atomic E-state index is -0.433. The number of aliphatic imine (C=N–C) groups is 2. The van der Waals surface area contributed by atoms with Gasteiger partial charge in [0.25, 0.3) is 5.91 Å². The van der Waals surface area contributed by atoms with E-state index in [1.807, 2.05) is 36.1 Å². The lowest BCUT2D eigenvalue weighted by molar-refractivity contribution is 0.0747. The molecule has 4 N–H and O–H groups in total. The Kier molecular flexibility index (Phi) is 5.89. The van der Waals surface area contributed by atoms with Gasteiger partial charge in [0.1, 0.15) is 5.66 Å². The second kappa shape index (κ2) is 9.00. The van der Waals surface area contributed by atoms with E-state index in [1.54, 1.807) is 0 Å². The molecule has 2 aliphatic heterocycles. The molecule has 5 rings (SSSR count). The lowest BCUT2D eigenvalue weighted by atomic mass is 9.87. The predicted octanol–water partition coefficient (Wildman–Crippen LogP) is 3.07. The summed E-state index contributed by atoms with van der Waals surface area (Å²) in [6, 6.07) is 16.2. The molecule has 178 valence electrons. The summed E-state index contributed by atoms with van der Waals surface area (Å²) >= 11 is 0. The van der Waals surface area contributed by atoms with E-state index >= 15 is 0 Å². The Morgan fingerprint density at radius 3 is 2.12 bits per heavy atom. The number of nitrogens with zero attached hydrogens (tertiary/aromatic N) is 5. The molecular formula is C26H33N7O. The third-order valence-electron chi connectivity index (χ3n) is 7.19. The number of piperazine rings is 1. The molecule has 1 saturated heterocycles. The first kappa shape index (κ1) is 22.3. The van der Waals surface area contributed by atoms with Crippen LogP contribution in [0.25, 0.3) is 0 Å². The van der Waals surface area contributed by atoms with Crippen LogP contribution in [0.3, 0.4) is 0 Å². The Bertz CT molecular complexity index is 1090. The van der Waals surface area contributed by atoms with Gasteiger partial charge in [0, 0.05) is 43.1 Å². The number of rotatable bonds is 3. The van der Waals surface area contributed by atoms with Gasteiger partial charge in [-0.15, -0.1) is 0 Å². The second-order valence-electron chi connectivity index (χ2n) is 9.48. The summed E-state index contributed by atoms with van der Waals surface area (Å²) < 4.78 is 0. The van der Waals surface area contributed by atoms with E-state index in [-0.39, 0.29) is 11.9 Å². The standard InChI is InChI=1S/C26H33N7O/c1-19-5-7-20(8-6-19)23(34)32-17-15-31(16-18-32)21-9-11-22(12-10-21)33-25(28)29-24(27)30-26(33)13-3-2-4-14-26/h5-12H,2-4,13-18H2,1H3,(H4,27,28,29,30). The minimum absolute atomic E-state index is 0.104. The minimum Gasteiger partial charge on any atom is -0.369 e. The molecule has 2 fully saturated rings. The number of nitrogens with two attached hydrogens (primary N) is 2. The van der Waals surface area contributed by atoms with Crippen LogP contribution in [0.15, 0.2) is 58.5 Å². The molecule has 2 aromatic carbocycles. The molecule has 8 heteroatoms. The van der Waals surface area contributed by atoms with Gasteiger partial charge in [0.15, 0.2) is 0 Å². The van der Waals surface area contributed by atoms with E-state index in [1.165, 1.54) is 6.42 Å². The van der Waals surface area contributed by atoms with Crippen LogP contribution in [0.5, 0.6) is 0 Å². The predicted molar refractivity (Wildman–Crippen MR) is 137 cm³/mol. The zero-order chi connectivity index (χ0) is 23.7. The first-order valence-electron chi connectivity index (χ1n) is 12.2. The molecule has 0 atom stereocenters. The quantitative estimate of drug-likeness (QED) is 0.734. The summed E-state index contributed by atoms with van der Waals surface area (Å²) in [7, 11) is 0. The fraction of sp³-hybridized carbons (Fsp3) is 0.423. The van der Waals surface area contributed by atoms with Crippen molar-refractivity contribution in [1.29, 1.82) is 0 Å². The summed E-state index contributed by atoms with van der Waals surface area (Å²) in [5.74, 6) is 0.781. The number of benzene rings is 2. The summed E-state index contributed by atoms with van der Waals surface area (Å²) in [5, 5.41) is 0. The maximum atomic E-state index is 12.8. The summed E-state index contributed by atoms with van der Waals surface area (Å²) in [6.07, 6.45) is 5.25. The fourth-order valence-corrected chi connectivity index (χ4v) is 5.35. The van der Waals surface area contributed by atoms with Crippen molar-refractivity contribution in [3.05, 3.63) is 59.7 Å². The Labute approximate surface area is 200 Å². The maximum Gasteiger partial charge on any atom is 0.253 e. The van der Waals surface area contributed by atoms with E-state index < -0.39 is 5.66 Å². The van der Waals surface area contributed by atoms with Gasteiger partial charge in [-0.05, 0) is 69.0 Å². The van der Waals surface area contributed by atoms with Crippen LogP contribution in [0.4, 0.5) is 11.4 Å². The number of guanidine groups is 2. The highest BCUT2D eigenvalue weighted by Gasteiger charge is 2.42. The lowest BCUT2D eigenvalue weighted by Crippen LogP contribution is -2.58. The van der Waals surface area contributed by atoms with Crippen LogP contribution >= 0.6 is 0 Å². The first-order chi connectivity index (χ1) is 16.4. The summed E-state index contributed by atoms with van der Waals surface area (Å²) in [6.45, 7) is 5.04. The number of hydrogen-bond donors (Lipinski definition) is 2. The van der Waals surface area contributed by atoms with Crippen LogP contribution in [-0.2, 0) is 0 Å². The summed E-state index contributed by atoms with van der Waals surface area (Å²) in [4.78, 5) is 28.2. The van der Waals surface area contributed by atoms with E-state index in [2.05, 4.69) is 39.1 Å². The molecule has 34 heavy (non-hydrogen) atoms. The van der Waals surface area contributed by atoms with Crippen molar-refractivity contribution in [3.63, 3.8) is 0 Å². The number of aryl methyl sites for hydroxylation is 1. The Hall–Kier alpha value is -3.55. The van der Waals surface area contributed by atoms with E-state index in [4.69, 9.17) is 16.5 Å². The van der Waals surface area contributed by atoms with Gasteiger partial charge >= 0.3 is 0 Å². The smallest absolute Gasteiger partial charge is 0.253 e. The molecule has 0 radical (unpaired) electrons. The van der Waals surface area contributed by atoms with Crippen LogP contribution in [0, 0.1) is 6.92 Å². The molecule has 0 aromatic heterocycles. The molecule has 2 aromatic rings. The molecule has 0 bridgehead atoms. The fourth-order valence-electron chi connectivity index (χ4n) is 5.35. The van der Waals surface area contributed by atoms with Crippen LogP contribution in [0.1, 0.15) is 48.0 Å². The van der Waals surface area contributed by atoms with E-state index in [0.717, 1.165) is 61.3 Å². The zero-order valence-corrected chi connectivity index (χ0v) is 19.8. The molecule has 3 aliphatic rings. The van der Waals surface area contributed by atoms with Gasteiger partial charge in [-0.25, -0.2) is 4.99 Å². The highest BCUT2D eigenvalue weighted by atomic mass is 16.2. The number of carbonyl (C=O) groups is 1. The monoisotopic (exact) mass is 459 g/mol. The van der Waals surface area contributed by atoms with Gasteiger partial charge in [-0.3, -0.25) is 9.69 Å². The van der Waals surface area contributed by atoms with Crippen molar-refractivity contribution in [2.24, 2.45) is 21.5 Å². The second-order valence-corrected chi connectivity index (χ2v) is 9.48. The molecule has 2 heterocycles. The normalized spacial score (nSPS) is 20.2. The first-order valence-corrected chi connectivity index (χ1v) is 12.2. The van der Waals surface area contributed by atoms with Crippen molar-refractivity contribution in [1.82, 2.24) is 4.90 Å². The largest absolute Gasteiger partial charge is 0.369 e. The third-order valence-corrected chi connectivity index (χ3v) is 7.19. The molecule has 0 unspecified atom stereocenters. The number of hydrogen-bond acceptors (Lipinski definition) is 7. The number of amides is 1. The van der Waals surface area contributed by atoms with Gasteiger partial charge < -0.3 is 21.3 Å². The molecular weight excluding hydrogens is 426 g/mol. The highest BCUT2D eigenvalue weighted by molar-refractivity contribution is 6.05. The van der Waals surface area contributed by atoms with Crippen LogP contribution in [0.2, 0.25) is 0 Å². The van der Waals surface area contributed by atoms with Gasteiger partial charge in [-0.1, -0.05) is 24.1 Å². The Morgan fingerprint density at radius 1 is 0.853 bits per heavy atom. The van der Waals surface area contributed by atoms with Crippen molar-refractivity contribution in [2.45, 2.75) is 44.7 Å². The molecule has 1 aliphatic carbocycles. The molecule has 1 amide bonds. The average Bonchev–Trinajstić information content (AvgIpc) is 2.85. The van der Waals surface area contributed by atoms with Gasteiger partial charge in [0.2, 0.25) is 11.9 Å². The van der Waals surface area contributed by atoms with Crippen LogP contribution < -0.4 is 21.3 Å². The van der Waals surface area contributed by atoms with E-state index in [0.29, 0.717) is 19.0 Å². The van der Waals surface area contributed by atoms with Crippen molar-refractivity contribution < 1.29 is 4.79 Å².